The highest BCUT2D eigenvalue weighted by molar-refractivity contribution is 5.95. The van der Waals surface area contributed by atoms with Crippen molar-refractivity contribution in [2.75, 3.05) is 6.61 Å². The second-order valence-corrected chi connectivity index (χ2v) is 3.88. The fraction of sp³-hybridized carbons (Fsp3) is 0.250. The number of ketones is 1. The van der Waals surface area contributed by atoms with Gasteiger partial charge in [0, 0.05) is 10.7 Å². The quantitative estimate of drug-likeness (QED) is 0.450. The first kappa shape index (κ1) is 13.7. The van der Waals surface area contributed by atoms with Crippen LogP contribution in [0, 0.1) is 10.1 Å². The van der Waals surface area contributed by atoms with Crippen LogP contribution in [0.5, 0.6) is 5.75 Å². The average Bonchev–Trinajstić information content (AvgIpc) is 2.88. The highest BCUT2D eigenvalue weighted by Gasteiger charge is 2.16. The molecule has 0 fully saturated rings. The van der Waals surface area contributed by atoms with E-state index in [-0.39, 0.29) is 12.3 Å². The van der Waals surface area contributed by atoms with Crippen molar-refractivity contribution in [2.45, 2.75) is 13.5 Å². The van der Waals surface area contributed by atoms with Crippen molar-refractivity contribution < 1.29 is 14.5 Å². The van der Waals surface area contributed by atoms with Gasteiger partial charge in [-0.25, -0.2) is 0 Å². The molecule has 104 valence electrons. The van der Waals surface area contributed by atoms with E-state index in [1.807, 2.05) is 6.92 Å². The second-order valence-electron chi connectivity index (χ2n) is 3.88. The van der Waals surface area contributed by atoms with Gasteiger partial charge in [0.15, 0.2) is 5.78 Å². The molecule has 1 aromatic heterocycles. The summed E-state index contributed by atoms with van der Waals surface area (Å²) in [7, 11) is 0. The number of Topliss-reactive ketones (excluding diaryl/α,β-unsaturated/α-hetero) is 1. The fourth-order valence-corrected chi connectivity index (χ4v) is 1.59. The molecule has 0 spiro atoms. The number of nitro groups is 1. The van der Waals surface area contributed by atoms with Crippen LogP contribution < -0.4 is 4.74 Å². The fourth-order valence-electron chi connectivity index (χ4n) is 1.59. The Labute approximate surface area is 114 Å². The van der Waals surface area contributed by atoms with Crippen molar-refractivity contribution in [1.29, 1.82) is 0 Å². The first-order chi connectivity index (χ1) is 9.60. The van der Waals surface area contributed by atoms with Gasteiger partial charge in [0.05, 0.1) is 6.61 Å². The third kappa shape index (κ3) is 3.16. The summed E-state index contributed by atoms with van der Waals surface area (Å²) in [4.78, 5) is 25.2. The molecule has 8 nitrogen and oxygen atoms in total. The predicted octanol–water partition coefficient (Wildman–Crippen LogP) is 1.47. The van der Waals surface area contributed by atoms with Gasteiger partial charge in [0.25, 0.3) is 0 Å². The van der Waals surface area contributed by atoms with E-state index < -0.39 is 10.9 Å². The largest absolute Gasteiger partial charge is 0.494 e. The molecule has 0 radical (unpaired) electrons. The topological polar surface area (TPSA) is 100 Å². The number of hydrogen-bond acceptors (Lipinski definition) is 6. The number of carbonyl (C=O) groups excluding carboxylic acids is 1. The van der Waals surface area contributed by atoms with Crippen molar-refractivity contribution >= 4 is 11.7 Å². The molecule has 0 aliphatic rings. The second kappa shape index (κ2) is 5.91. The molecule has 1 heterocycles. The maximum atomic E-state index is 12.0. The van der Waals surface area contributed by atoms with Crippen LogP contribution in [0.2, 0.25) is 0 Å². The van der Waals surface area contributed by atoms with Gasteiger partial charge >= 0.3 is 5.95 Å². The van der Waals surface area contributed by atoms with E-state index in [0.717, 1.165) is 11.0 Å². The molecule has 0 aliphatic carbocycles. The van der Waals surface area contributed by atoms with Crippen LogP contribution in [0.25, 0.3) is 0 Å². The van der Waals surface area contributed by atoms with Crippen LogP contribution in [0.3, 0.4) is 0 Å². The van der Waals surface area contributed by atoms with E-state index in [4.69, 9.17) is 4.74 Å². The Hall–Kier alpha value is -2.77. The molecule has 0 N–H and O–H groups in total. The van der Waals surface area contributed by atoms with Gasteiger partial charge in [0.2, 0.25) is 6.33 Å². The lowest BCUT2D eigenvalue weighted by atomic mass is 10.1. The highest BCUT2D eigenvalue weighted by atomic mass is 16.6. The van der Waals surface area contributed by atoms with Gasteiger partial charge in [-0.05, 0) is 36.1 Å². The number of hydrogen-bond donors (Lipinski definition) is 0. The highest BCUT2D eigenvalue weighted by Crippen LogP contribution is 2.13. The summed E-state index contributed by atoms with van der Waals surface area (Å²) in [6, 6.07) is 6.67. The summed E-state index contributed by atoms with van der Waals surface area (Å²) in [5.41, 5.74) is 0.478. The van der Waals surface area contributed by atoms with Gasteiger partial charge in [-0.2, -0.15) is 4.68 Å². The van der Waals surface area contributed by atoms with Gasteiger partial charge in [0.1, 0.15) is 12.3 Å². The molecule has 20 heavy (non-hydrogen) atoms. The molecule has 1 aromatic carbocycles. The van der Waals surface area contributed by atoms with E-state index in [1.165, 1.54) is 0 Å². The van der Waals surface area contributed by atoms with Crippen molar-refractivity contribution in [3.05, 3.63) is 46.3 Å². The molecule has 0 bridgehead atoms. The van der Waals surface area contributed by atoms with Crippen LogP contribution in [0.15, 0.2) is 30.6 Å². The molecular weight excluding hydrogens is 264 g/mol. The Bertz CT molecular complexity index is 621. The van der Waals surface area contributed by atoms with E-state index in [0.29, 0.717) is 17.9 Å². The molecule has 0 atom stereocenters. The monoisotopic (exact) mass is 276 g/mol. The molecule has 0 saturated heterocycles. The zero-order valence-corrected chi connectivity index (χ0v) is 10.7. The van der Waals surface area contributed by atoms with Crippen molar-refractivity contribution in [3.63, 3.8) is 0 Å². The van der Waals surface area contributed by atoms with Crippen molar-refractivity contribution in [3.8, 4) is 5.75 Å². The summed E-state index contributed by atoms with van der Waals surface area (Å²) >= 11 is 0. The number of nitrogens with zero attached hydrogens (tertiary/aromatic N) is 4. The normalized spacial score (nSPS) is 10.2. The molecular formula is C12H12N4O4. The molecule has 2 aromatic rings. The zero-order chi connectivity index (χ0) is 14.5. The Morgan fingerprint density at radius 2 is 2.10 bits per heavy atom. The Kier molecular flexibility index (Phi) is 4.04. The molecule has 2 rings (SSSR count). The van der Waals surface area contributed by atoms with Crippen LogP contribution >= 0.6 is 0 Å². The summed E-state index contributed by atoms with van der Waals surface area (Å²) < 4.78 is 6.41. The minimum Gasteiger partial charge on any atom is -0.494 e. The van der Waals surface area contributed by atoms with E-state index in [2.05, 4.69) is 10.1 Å². The van der Waals surface area contributed by atoms with Gasteiger partial charge in [-0.3, -0.25) is 4.79 Å². The lowest BCUT2D eigenvalue weighted by Gasteiger charge is -2.03. The Morgan fingerprint density at radius 3 is 2.65 bits per heavy atom. The SMILES string of the molecule is CCOc1ccc(C(=O)Cn2cnc([N+](=O)[O-])n2)cc1. The summed E-state index contributed by atoms with van der Waals surface area (Å²) in [6.45, 7) is 2.32. The summed E-state index contributed by atoms with van der Waals surface area (Å²) in [5, 5.41) is 14.0. The molecule has 0 saturated carbocycles. The van der Waals surface area contributed by atoms with Gasteiger partial charge < -0.3 is 14.9 Å². The minimum atomic E-state index is -0.710. The Morgan fingerprint density at radius 1 is 1.40 bits per heavy atom. The first-order valence-electron chi connectivity index (χ1n) is 5.90. The molecule has 0 unspecified atom stereocenters. The molecule has 0 aliphatic heterocycles. The predicted molar refractivity (Wildman–Crippen MR) is 68.6 cm³/mol. The molecule has 8 heteroatoms. The standard InChI is InChI=1S/C12H12N4O4/c1-2-20-10-5-3-9(4-6-10)11(17)7-15-8-13-12(14-15)16(18)19/h3-6,8H,2,7H2,1H3. The maximum absolute atomic E-state index is 12.0. The minimum absolute atomic E-state index is 0.102. The third-order valence-electron chi connectivity index (χ3n) is 2.48. The number of carbonyl (C=O) groups is 1. The third-order valence-corrected chi connectivity index (χ3v) is 2.48. The first-order valence-corrected chi connectivity index (χ1v) is 5.90. The summed E-state index contributed by atoms with van der Waals surface area (Å²) in [5.74, 6) is -0.0576. The number of aromatic nitrogens is 3. The van der Waals surface area contributed by atoms with E-state index >= 15 is 0 Å². The number of ether oxygens (including phenoxy) is 1. The zero-order valence-electron chi connectivity index (χ0n) is 10.7. The van der Waals surface area contributed by atoms with Crippen LogP contribution in [-0.2, 0) is 6.54 Å². The van der Waals surface area contributed by atoms with Gasteiger partial charge in [-0.15, -0.1) is 0 Å². The summed E-state index contributed by atoms with van der Waals surface area (Å²) in [6.07, 6.45) is 1.16. The van der Waals surface area contributed by atoms with Crippen LogP contribution in [0.1, 0.15) is 17.3 Å². The molecule has 0 amide bonds. The van der Waals surface area contributed by atoms with E-state index in [1.54, 1.807) is 24.3 Å². The van der Waals surface area contributed by atoms with Crippen LogP contribution in [-0.4, -0.2) is 32.1 Å². The maximum Gasteiger partial charge on any atom is 0.490 e. The lowest BCUT2D eigenvalue weighted by molar-refractivity contribution is -0.394. The Balaban J connectivity index is 2.05. The lowest BCUT2D eigenvalue weighted by Crippen LogP contribution is -2.11. The van der Waals surface area contributed by atoms with Crippen molar-refractivity contribution in [2.24, 2.45) is 0 Å². The average molecular weight is 276 g/mol. The van der Waals surface area contributed by atoms with E-state index in [9.17, 15) is 14.9 Å². The van der Waals surface area contributed by atoms with Gasteiger partial charge in [-0.1, -0.05) is 4.98 Å². The smallest absolute Gasteiger partial charge is 0.490 e. The van der Waals surface area contributed by atoms with Crippen LogP contribution in [0.4, 0.5) is 5.95 Å². The number of rotatable bonds is 6. The van der Waals surface area contributed by atoms with Crippen molar-refractivity contribution in [1.82, 2.24) is 14.8 Å². The number of benzene rings is 1.